The number of esters is 1. The van der Waals surface area contributed by atoms with Gasteiger partial charge in [-0.05, 0) is 40.9 Å². The number of rotatable bonds is 5. The Bertz CT molecular complexity index is 410. The first-order chi connectivity index (χ1) is 8.20. The number of carbonyl (C=O) groups is 1. The lowest BCUT2D eigenvalue weighted by molar-refractivity contribution is -0.140. The lowest BCUT2D eigenvalue weighted by Crippen LogP contribution is -2.01. The van der Waals surface area contributed by atoms with Gasteiger partial charge in [0.05, 0.1) is 18.9 Å². The van der Waals surface area contributed by atoms with Gasteiger partial charge >= 0.3 is 5.97 Å². The average Bonchev–Trinajstić information content (AvgIpc) is 3.08. The summed E-state index contributed by atoms with van der Waals surface area (Å²) in [4.78, 5) is 15.3. The summed E-state index contributed by atoms with van der Waals surface area (Å²) in [6.07, 6.45) is 2.40. The molecule has 0 spiro atoms. The molecule has 2 unspecified atom stereocenters. The Hall–Kier alpha value is -0.940. The zero-order valence-corrected chi connectivity index (χ0v) is 11.1. The van der Waals surface area contributed by atoms with Crippen molar-refractivity contribution in [3.63, 3.8) is 0 Å². The summed E-state index contributed by atoms with van der Waals surface area (Å²) in [6.45, 7) is 0. The number of pyridine rings is 1. The van der Waals surface area contributed by atoms with Gasteiger partial charge in [0.2, 0.25) is 0 Å². The van der Waals surface area contributed by atoms with E-state index in [9.17, 15) is 4.79 Å². The molecule has 0 bridgehead atoms. The van der Waals surface area contributed by atoms with Crippen molar-refractivity contribution in [1.82, 2.24) is 4.98 Å². The number of nitrogens with zero attached hydrogens (tertiary/aromatic N) is 1. The Balaban J connectivity index is 1.75. The van der Waals surface area contributed by atoms with Crippen LogP contribution in [0.3, 0.4) is 0 Å². The van der Waals surface area contributed by atoms with Crippen LogP contribution in [0.4, 0.5) is 0 Å². The van der Waals surface area contributed by atoms with Crippen molar-refractivity contribution in [1.29, 1.82) is 0 Å². The van der Waals surface area contributed by atoms with E-state index in [1.165, 1.54) is 7.11 Å². The maximum Gasteiger partial charge on any atom is 0.305 e. The van der Waals surface area contributed by atoms with Gasteiger partial charge in [-0.2, -0.15) is 0 Å². The standard InChI is InChI=1S/C12H14BrNO3/c1-16-11(15)7-3-5-9-12(17-9)8-4-2-6-10(13)14-8/h2,4,6,9,12H,3,5,7H2,1H3. The molecule has 0 saturated carbocycles. The van der Waals surface area contributed by atoms with Crippen LogP contribution < -0.4 is 0 Å². The highest BCUT2D eigenvalue weighted by Crippen LogP contribution is 2.40. The number of carbonyl (C=O) groups excluding carboxylic acids is 1. The van der Waals surface area contributed by atoms with E-state index < -0.39 is 0 Å². The third kappa shape index (κ3) is 3.51. The van der Waals surface area contributed by atoms with Crippen LogP contribution in [0.15, 0.2) is 22.8 Å². The minimum absolute atomic E-state index is 0.0881. The normalized spacial score (nSPS) is 22.2. The molecule has 5 heteroatoms. The van der Waals surface area contributed by atoms with E-state index in [2.05, 4.69) is 25.7 Å². The molecule has 92 valence electrons. The van der Waals surface area contributed by atoms with Gasteiger partial charge in [-0.1, -0.05) is 6.07 Å². The fraction of sp³-hybridized carbons (Fsp3) is 0.500. The first-order valence-electron chi connectivity index (χ1n) is 5.55. The highest BCUT2D eigenvalue weighted by atomic mass is 79.9. The number of hydrogen-bond acceptors (Lipinski definition) is 4. The number of epoxide rings is 1. The molecule has 0 aromatic carbocycles. The molecule has 2 rings (SSSR count). The highest BCUT2D eigenvalue weighted by Gasteiger charge is 2.40. The number of halogens is 1. The minimum atomic E-state index is -0.164. The molecule has 2 atom stereocenters. The van der Waals surface area contributed by atoms with Gasteiger partial charge in [-0.15, -0.1) is 0 Å². The fourth-order valence-electron chi connectivity index (χ4n) is 1.75. The van der Waals surface area contributed by atoms with Crippen LogP contribution >= 0.6 is 15.9 Å². The number of aromatic nitrogens is 1. The molecule has 1 aliphatic heterocycles. The van der Waals surface area contributed by atoms with Crippen molar-refractivity contribution in [2.24, 2.45) is 0 Å². The first-order valence-corrected chi connectivity index (χ1v) is 6.34. The van der Waals surface area contributed by atoms with Crippen molar-refractivity contribution in [3.8, 4) is 0 Å². The average molecular weight is 300 g/mol. The van der Waals surface area contributed by atoms with Gasteiger partial charge in [0, 0.05) is 6.42 Å². The molecule has 1 saturated heterocycles. The Morgan fingerprint density at radius 2 is 2.41 bits per heavy atom. The van der Waals surface area contributed by atoms with Gasteiger partial charge in [-0.3, -0.25) is 4.79 Å². The summed E-state index contributed by atoms with van der Waals surface area (Å²) >= 11 is 3.33. The van der Waals surface area contributed by atoms with Gasteiger partial charge in [0.1, 0.15) is 10.7 Å². The second-order valence-corrected chi connectivity index (χ2v) is 4.76. The molecular weight excluding hydrogens is 286 g/mol. The van der Waals surface area contributed by atoms with Crippen LogP contribution in [0.25, 0.3) is 0 Å². The molecule has 2 heterocycles. The van der Waals surface area contributed by atoms with E-state index in [4.69, 9.17) is 4.74 Å². The zero-order valence-electron chi connectivity index (χ0n) is 9.56. The van der Waals surface area contributed by atoms with Crippen molar-refractivity contribution in [2.45, 2.75) is 31.5 Å². The largest absolute Gasteiger partial charge is 0.469 e. The topological polar surface area (TPSA) is 51.7 Å². The van der Waals surface area contributed by atoms with Gasteiger partial charge in [-0.25, -0.2) is 4.98 Å². The van der Waals surface area contributed by atoms with Gasteiger partial charge in [0.25, 0.3) is 0 Å². The lowest BCUT2D eigenvalue weighted by Gasteiger charge is -1.98. The van der Waals surface area contributed by atoms with E-state index in [0.717, 1.165) is 23.1 Å². The van der Waals surface area contributed by atoms with E-state index in [1.54, 1.807) is 0 Å². The summed E-state index contributed by atoms with van der Waals surface area (Å²) in [7, 11) is 1.41. The number of hydrogen-bond donors (Lipinski definition) is 0. The predicted molar refractivity (Wildman–Crippen MR) is 65.4 cm³/mol. The summed E-state index contributed by atoms with van der Waals surface area (Å²) < 4.78 is 10.9. The molecule has 0 aliphatic carbocycles. The molecule has 0 amide bonds. The molecule has 0 N–H and O–H groups in total. The van der Waals surface area contributed by atoms with E-state index in [0.29, 0.717) is 6.42 Å². The Morgan fingerprint density at radius 3 is 3.12 bits per heavy atom. The summed E-state index contributed by atoms with van der Waals surface area (Å²) in [5.74, 6) is -0.164. The Morgan fingerprint density at radius 1 is 1.59 bits per heavy atom. The van der Waals surface area contributed by atoms with Gasteiger partial charge in [0.15, 0.2) is 0 Å². The third-order valence-corrected chi connectivity index (χ3v) is 3.15. The highest BCUT2D eigenvalue weighted by molar-refractivity contribution is 9.10. The minimum Gasteiger partial charge on any atom is -0.469 e. The number of methoxy groups -OCH3 is 1. The van der Waals surface area contributed by atoms with Crippen LogP contribution in [0.2, 0.25) is 0 Å². The van der Waals surface area contributed by atoms with E-state index in [1.807, 2.05) is 18.2 Å². The summed E-state index contributed by atoms with van der Waals surface area (Å²) in [6, 6.07) is 5.79. The maximum atomic E-state index is 10.9. The van der Waals surface area contributed by atoms with Crippen LogP contribution in [0.1, 0.15) is 31.1 Å². The molecule has 17 heavy (non-hydrogen) atoms. The van der Waals surface area contributed by atoms with E-state index >= 15 is 0 Å². The second-order valence-electron chi connectivity index (χ2n) is 3.95. The van der Waals surface area contributed by atoms with E-state index in [-0.39, 0.29) is 18.2 Å². The van der Waals surface area contributed by atoms with Crippen molar-refractivity contribution >= 4 is 21.9 Å². The second kappa shape index (κ2) is 5.60. The van der Waals surface area contributed by atoms with Crippen molar-refractivity contribution < 1.29 is 14.3 Å². The monoisotopic (exact) mass is 299 g/mol. The SMILES string of the molecule is COC(=O)CCCC1OC1c1cccc(Br)n1. The smallest absolute Gasteiger partial charge is 0.305 e. The quantitative estimate of drug-likeness (QED) is 0.476. The predicted octanol–water partition coefficient (Wildman–Crippen LogP) is 2.63. The molecule has 1 fully saturated rings. The number of ether oxygens (including phenoxy) is 2. The van der Waals surface area contributed by atoms with Crippen molar-refractivity contribution in [3.05, 3.63) is 28.5 Å². The third-order valence-electron chi connectivity index (χ3n) is 2.71. The Labute approximate surface area is 108 Å². The van der Waals surface area contributed by atoms with Gasteiger partial charge < -0.3 is 9.47 Å². The molecule has 1 aliphatic rings. The van der Waals surface area contributed by atoms with Crippen LogP contribution in [-0.4, -0.2) is 24.2 Å². The molecule has 1 aromatic rings. The molecule has 4 nitrogen and oxygen atoms in total. The van der Waals surface area contributed by atoms with Crippen LogP contribution in [-0.2, 0) is 14.3 Å². The first kappa shape index (κ1) is 12.5. The molecule has 1 aromatic heterocycles. The van der Waals surface area contributed by atoms with Crippen LogP contribution in [0.5, 0.6) is 0 Å². The zero-order chi connectivity index (χ0) is 12.3. The fourth-order valence-corrected chi connectivity index (χ4v) is 2.11. The summed E-state index contributed by atoms with van der Waals surface area (Å²) in [5.41, 5.74) is 0.947. The van der Waals surface area contributed by atoms with Crippen molar-refractivity contribution in [2.75, 3.05) is 7.11 Å². The Kier molecular flexibility index (Phi) is 4.12. The molecular formula is C12H14BrNO3. The van der Waals surface area contributed by atoms with Crippen LogP contribution in [0, 0.1) is 0 Å². The lowest BCUT2D eigenvalue weighted by atomic mass is 10.1. The summed E-state index contributed by atoms with van der Waals surface area (Å²) in [5, 5.41) is 0. The maximum absolute atomic E-state index is 10.9. The molecule has 0 radical (unpaired) electrons.